The summed E-state index contributed by atoms with van der Waals surface area (Å²) in [5, 5.41) is 9.12. The van der Waals surface area contributed by atoms with E-state index in [1.807, 2.05) is 20.8 Å². The zero-order valence-electron chi connectivity index (χ0n) is 9.83. The van der Waals surface area contributed by atoms with E-state index in [0.717, 1.165) is 6.42 Å². The highest BCUT2D eigenvalue weighted by Gasteiger charge is 2.53. The lowest BCUT2D eigenvalue weighted by Gasteiger charge is -2.43. The Labute approximate surface area is 90.3 Å². The molecule has 0 radical (unpaired) electrons. The molecule has 4 nitrogen and oxygen atoms in total. The molecule has 1 saturated carbocycles. The monoisotopic (exact) mass is 213 g/mol. The fourth-order valence-electron chi connectivity index (χ4n) is 1.68. The van der Waals surface area contributed by atoms with Crippen LogP contribution in [-0.4, -0.2) is 34.5 Å². The third kappa shape index (κ3) is 1.85. The molecule has 0 aromatic carbocycles. The van der Waals surface area contributed by atoms with Crippen LogP contribution in [0, 0.1) is 5.41 Å². The van der Waals surface area contributed by atoms with Crippen LogP contribution in [0.3, 0.4) is 0 Å². The molecule has 4 heteroatoms. The third-order valence-corrected chi connectivity index (χ3v) is 3.34. The maximum atomic E-state index is 12.1. The SMILES string of the molecule is CN(C(=O)C1(C(=O)O)CCC1)C(C)(C)C. The van der Waals surface area contributed by atoms with Gasteiger partial charge in [0.15, 0.2) is 0 Å². The van der Waals surface area contributed by atoms with E-state index in [1.54, 1.807) is 11.9 Å². The van der Waals surface area contributed by atoms with Gasteiger partial charge in [0.25, 0.3) is 0 Å². The second-order valence-electron chi connectivity index (χ2n) is 5.28. The van der Waals surface area contributed by atoms with Gasteiger partial charge < -0.3 is 10.0 Å². The van der Waals surface area contributed by atoms with Gasteiger partial charge >= 0.3 is 5.97 Å². The number of carbonyl (C=O) groups excluding carboxylic acids is 1. The number of carboxylic acid groups (broad SMARTS) is 1. The quantitative estimate of drug-likeness (QED) is 0.707. The minimum Gasteiger partial charge on any atom is -0.480 e. The maximum absolute atomic E-state index is 12.1. The number of aliphatic carboxylic acids is 1. The van der Waals surface area contributed by atoms with Gasteiger partial charge in [0.2, 0.25) is 5.91 Å². The first-order chi connectivity index (χ1) is 6.72. The van der Waals surface area contributed by atoms with Crippen LogP contribution in [0.4, 0.5) is 0 Å². The standard InChI is InChI=1S/C11H19NO3/c1-10(2,3)12(4)8(13)11(9(14)15)6-5-7-11/h5-7H2,1-4H3,(H,14,15). The highest BCUT2D eigenvalue weighted by molar-refractivity contribution is 6.03. The molecule has 1 aliphatic carbocycles. The van der Waals surface area contributed by atoms with Crippen molar-refractivity contribution in [3.05, 3.63) is 0 Å². The lowest BCUT2D eigenvalue weighted by molar-refractivity contribution is -0.169. The topological polar surface area (TPSA) is 57.6 Å². The largest absolute Gasteiger partial charge is 0.480 e. The molecule has 0 atom stereocenters. The fourth-order valence-corrected chi connectivity index (χ4v) is 1.68. The summed E-state index contributed by atoms with van der Waals surface area (Å²) in [6, 6.07) is 0. The maximum Gasteiger partial charge on any atom is 0.319 e. The first-order valence-corrected chi connectivity index (χ1v) is 5.23. The van der Waals surface area contributed by atoms with Gasteiger partial charge in [-0.05, 0) is 33.6 Å². The molecule has 0 aromatic heterocycles. The van der Waals surface area contributed by atoms with E-state index in [0.29, 0.717) is 12.8 Å². The van der Waals surface area contributed by atoms with Crippen LogP contribution in [0.25, 0.3) is 0 Å². The predicted molar refractivity (Wildman–Crippen MR) is 56.4 cm³/mol. The molecule has 0 bridgehead atoms. The Hall–Kier alpha value is -1.06. The van der Waals surface area contributed by atoms with Crippen LogP contribution >= 0.6 is 0 Å². The van der Waals surface area contributed by atoms with Gasteiger partial charge in [-0.2, -0.15) is 0 Å². The molecule has 15 heavy (non-hydrogen) atoms. The van der Waals surface area contributed by atoms with Gasteiger partial charge in [0, 0.05) is 12.6 Å². The zero-order chi connectivity index (χ0) is 11.9. The molecule has 0 saturated heterocycles. The summed E-state index contributed by atoms with van der Waals surface area (Å²) in [5.41, 5.74) is -1.46. The third-order valence-electron chi connectivity index (χ3n) is 3.34. The van der Waals surface area contributed by atoms with E-state index in [2.05, 4.69) is 0 Å². The van der Waals surface area contributed by atoms with Gasteiger partial charge in [-0.25, -0.2) is 0 Å². The Morgan fingerprint density at radius 3 is 1.93 bits per heavy atom. The molecule has 1 rings (SSSR count). The number of amides is 1. The molecule has 1 aliphatic rings. The number of rotatable bonds is 2. The summed E-state index contributed by atoms with van der Waals surface area (Å²) in [4.78, 5) is 24.8. The number of carbonyl (C=O) groups is 2. The number of hydrogen-bond acceptors (Lipinski definition) is 2. The molecule has 1 fully saturated rings. The van der Waals surface area contributed by atoms with Crippen LogP contribution in [0.2, 0.25) is 0 Å². The molecular formula is C11H19NO3. The number of carboxylic acids is 1. The molecule has 1 amide bonds. The summed E-state index contributed by atoms with van der Waals surface area (Å²) >= 11 is 0. The molecule has 0 aliphatic heterocycles. The van der Waals surface area contributed by atoms with Crippen LogP contribution in [0.15, 0.2) is 0 Å². The highest BCUT2D eigenvalue weighted by Crippen LogP contribution is 2.43. The predicted octanol–water partition coefficient (Wildman–Crippen LogP) is 1.50. The Bertz CT molecular complexity index is 287. The van der Waals surface area contributed by atoms with Crippen molar-refractivity contribution in [2.24, 2.45) is 5.41 Å². The molecule has 0 unspecified atom stereocenters. The second kappa shape index (κ2) is 3.51. The Kier molecular flexibility index (Phi) is 2.81. The Morgan fingerprint density at radius 1 is 1.27 bits per heavy atom. The Balaban J connectivity index is 2.88. The lowest BCUT2D eigenvalue weighted by atomic mass is 9.67. The van der Waals surface area contributed by atoms with Gasteiger partial charge in [0.1, 0.15) is 5.41 Å². The van der Waals surface area contributed by atoms with Gasteiger partial charge in [0.05, 0.1) is 0 Å². The first-order valence-electron chi connectivity index (χ1n) is 5.23. The second-order valence-corrected chi connectivity index (χ2v) is 5.28. The Morgan fingerprint density at radius 2 is 1.73 bits per heavy atom. The van der Waals surface area contributed by atoms with Crippen molar-refractivity contribution in [3.63, 3.8) is 0 Å². The summed E-state index contributed by atoms with van der Waals surface area (Å²) in [5.74, 6) is -1.23. The molecule has 86 valence electrons. The minimum atomic E-state index is -1.14. The van der Waals surface area contributed by atoms with Crippen molar-refractivity contribution in [2.45, 2.75) is 45.6 Å². The van der Waals surface area contributed by atoms with Crippen molar-refractivity contribution in [1.82, 2.24) is 4.90 Å². The van der Waals surface area contributed by atoms with E-state index in [9.17, 15) is 9.59 Å². The molecule has 1 N–H and O–H groups in total. The van der Waals surface area contributed by atoms with E-state index in [4.69, 9.17) is 5.11 Å². The smallest absolute Gasteiger partial charge is 0.319 e. The summed E-state index contributed by atoms with van der Waals surface area (Å²) in [6.45, 7) is 5.71. The molecule has 0 heterocycles. The van der Waals surface area contributed by atoms with Crippen molar-refractivity contribution in [3.8, 4) is 0 Å². The normalized spacial score (nSPS) is 19.2. The highest BCUT2D eigenvalue weighted by atomic mass is 16.4. The zero-order valence-corrected chi connectivity index (χ0v) is 9.83. The van der Waals surface area contributed by atoms with Crippen molar-refractivity contribution < 1.29 is 14.7 Å². The molecule has 0 spiro atoms. The average Bonchev–Trinajstić information content (AvgIpc) is 1.97. The first kappa shape index (κ1) is 12.0. The molecule has 0 aromatic rings. The van der Waals surface area contributed by atoms with E-state index in [-0.39, 0.29) is 11.4 Å². The van der Waals surface area contributed by atoms with Crippen molar-refractivity contribution in [2.75, 3.05) is 7.05 Å². The summed E-state index contributed by atoms with van der Waals surface area (Å²) in [6.07, 6.45) is 1.78. The summed E-state index contributed by atoms with van der Waals surface area (Å²) in [7, 11) is 1.67. The fraction of sp³-hybridized carbons (Fsp3) is 0.818. The van der Waals surface area contributed by atoms with Crippen molar-refractivity contribution >= 4 is 11.9 Å². The van der Waals surface area contributed by atoms with E-state index >= 15 is 0 Å². The van der Waals surface area contributed by atoms with Gasteiger partial charge in [-0.3, -0.25) is 9.59 Å². The minimum absolute atomic E-state index is 0.256. The van der Waals surface area contributed by atoms with Crippen LogP contribution < -0.4 is 0 Å². The summed E-state index contributed by atoms with van der Waals surface area (Å²) < 4.78 is 0. The van der Waals surface area contributed by atoms with Crippen LogP contribution in [0.5, 0.6) is 0 Å². The van der Waals surface area contributed by atoms with Gasteiger partial charge in [-0.1, -0.05) is 6.42 Å². The number of hydrogen-bond donors (Lipinski definition) is 1. The van der Waals surface area contributed by atoms with Crippen LogP contribution in [0.1, 0.15) is 40.0 Å². The average molecular weight is 213 g/mol. The molecular weight excluding hydrogens is 194 g/mol. The van der Waals surface area contributed by atoms with Crippen molar-refractivity contribution in [1.29, 1.82) is 0 Å². The number of nitrogens with zero attached hydrogens (tertiary/aromatic N) is 1. The van der Waals surface area contributed by atoms with E-state index < -0.39 is 11.4 Å². The lowest BCUT2D eigenvalue weighted by Crippen LogP contribution is -2.56. The van der Waals surface area contributed by atoms with Crippen LogP contribution in [-0.2, 0) is 9.59 Å². The van der Waals surface area contributed by atoms with E-state index in [1.165, 1.54) is 0 Å². The van der Waals surface area contributed by atoms with Gasteiger partial charge in [-0.15, -0.1) is 0 Å².